The lowest BCUT2D eigenvalue weighted by atomic mass is 10.1. The van der Waals surface area contributed by atoms with Gasteiger partial charge in [0.15, 0.2) is 0 Å². The molecule has 0 saturated heterocycles. The summed E-state index contributed by atoms with van der Waals surface area (Å²) in [5.74, 6) is -1.60. The number of pyridine rings is 1. The fourth-order valence-corrected chi connectivity index (χ4v) is 3.16. The van der Waals surface area contributed by atoms with Crippen LogP contribution in [0.3, 0.4) is 0 Å². The fraction of sp³-hybridized carbons (Fsp3) is 0. The van der Waals surface area contributed by atoms with E-state index in [-0.39, 0.29) is 5.56 Å². The summed E-state index contributed by atoms with van der Waals surface area (Å²) < 4.78 is 37.8. The highest BCUT2D eigenvalue weighted by Gasteiger charge is 2.19. The molecule has 1 heterocycles. The number of carbonyl (C=O) groups is 1. The fourth-order valence-electron chi connectivity index (χ4n) is 2.24. The third-order valence-electron chi connectivity index (χ3n) is 3.52. The number of carbonyl (C=O) groups excluding carboxylic acids is 1. The average Bonchev–Trinajstić information content (AvgIpc) is 2.67. The topological polar surface area (TPSA) is 88.2 Å². The second-order valence-corrected chi connectivity index (χ2v) is 6.94. The highest BCUT2D eigenvalue weighted by molar-refractivity contribution is 7.89. The van der Waals surface area contributed by atoms with E-state index in [9.17, 15) is 17.6 Å². The average molecular weight is 371 g/mol. The first-order valence-electron chi connectivity index (χ1n) is 7.55. The molecule has 6 nitrogen and oxygen atoms in total. The molecule has 0 radical (unpaired) electrons. The zero-order valence-electron chi connectivity index (χ0n) is 13.4. The van der Waals surface area contributed by atoms with Crippen LogP contribution in [-0.4, -0.2) is 19.3 Å². The molecule has 2 aromatic carbocycles. The van der Waals surface area contributed by atoms with Crippen LogP contribution in [0, 0.1) is 5.82 Å². The molecule has 0 saturated carbocycles. The standard InChI is InChI=1S/C18H14FN3O3S/c19-15-8-4-5-9-17(15)26(24,25)22-21-18(23)14-10-11-20-16(12-14)13-6-2-1-3-7-13/h1-12,22H,(H,21,23). The Hall–Kier alpha value is -3.10. The molecule has 0 aliphatic heterocycles. The van der Waals surface area contributed by atoms with E-state index >= 15 is 0 Å². The highest BCUT2D eigenvalue weighted by Crippen LogP contribution is 2.17. The summed E-state index contributed by atoms with van der Waals surface area (Å²) in [5.41, 5.74) is 3.66. The molecule has 1 amide bonds. The smallest absolute Gasteiger partial charge is 0.266 e. The van der Waals surface area contributed by atoms with Crippen molar-refractivity contribution in [2.24, 2.45) is 0 Å². The number of hydrogen-bond donors (Lipinski definition) is 2. The molecule has 0 fully saturated rings. The van der Waals surface area contributed by atoms with Crippen LogP contribution in [0.1, 0.15) is 10.4 Å². The van der Waals surface area contributed by atoms with Crippen molar-refractivity contribution >= 4 is 15.9 Å². The molecule has 0 atom stereocenters. The van der Waals surface area contributed by atoms with Crippen LogP contribution in [0.2, 0.25) is 0 Å². The van der Waals surface area contributed by atoms with Crippen LogP contribution in [-0.2, 0) is 10.0 Å². The maximum atomic E-state index is 13.6. The third kappa shape index (κ3) is 3.93. The number of nitrogens with zero attached hydrogens (tertiary/aromatic N) is 1. The summed E-state index contributed by atoms with van der Waals surface area (Å²) in [4.78, 5) is 17.8. The summed E-state index contributed by atoms with van der Waals surface area (Å²) >= 11 is 0. The Bertz CT molecular complexity index is 1040. The Labute approximate surface area is 149 Å². The number of rotatable bonds is 5. The lowest BCUT2D eigenvalue weighted by Gasteiger charge is -2.09. The summed E-state index contributed by atoms with van der Waals surface area (Å²) in [7, 11) is -4.23. The van der Waals surface area contributed by atoms with Gasteiger partial charge < -0.3 is 0 Å². The van der Waals surface area contributed by atoms with Gasteiger partial charge in [-0.15, -0.1) is 4.83 Å². The van der Waals surface area contributed by atoms with Crippen molar-refractivity contribution in [2.45, 2.75) is 4.90 Å². The lowest BCUT2D eigenvalue weighted by molar-refractivity contribution is 0.0945. The predicted molar refractivity (Wildman–Crippen MR) is 93.9 cm³/mol. The van der Waals surface area contributed by atoms with E-state index in [0.717, 1.165) is 17.7 Å². The number of halogens is 1. The molecule has 0 spiro atoms. The monoisotopic (exact) mass is 371 g/mol. The number of nitrogens with one attached hydrogen (secondary N) is 2. The van der Waals surface area contributed by atoms with Gasteiger partial charge in [0.05, 0.1) is 5.69 Å². The summed E-state index contributed by atoms with van der Waals surface area (Å²) in [6.07, 6.45) is 1.45. The predicted octanol–water partition coefficient (Wildman–Crippen LogP) is 2.51. The molecule has 132 valence electrons. The zero-order valence-corrected chi connectivity index (χ0v) is 14.2. The largest absolute Gasteiger partial charge is 0.273 e. The molecule has 26 heavy (non-hydrogen) atoms. The molecule has 0 bridgehead atoms. The molecule has 0 aliphatic rings. The van der Waals surface area contributed by atoms with Crippen LogP contribution in [0.25, 0.3) is 11.3 Å². The van der Waals surface area contributed by atoms with Gasteiger partial charge in [0.1, 0.15) is 10.7 Å². The number of amides is 1. The number of hydrogen-bond acceptors (Lipinski definition) is 4. The second kappa shape index (κ2) is 7.42. The molecule has 0 aliphatic carbocycles. The normalized spacial score (nSPS) is 11.1. The van der Waals surface area contributed by atoms with E-state index in [0.29, 0.717) is 5.69 Å². The van der Waals surface area contributed by atoms with Crippen LogP contribution in [0.4, 0.5) is 4.39 Å². The van der Waals surface area contributed by atoms with E-state index in [4.69, 9.17) is 0 Å². The first-order chi connectivity index (χ1) is 12.5. The second-order valence-electron chi connectivity index (χ2n) is 5.29. The Morgan fingerprint density at radius 2 is 1.65 bits per heavy atom. The molecule has 0 unspecified atom stereocenters. The Balaban J connectivity index is 1.76. The van der Waals surface area contributed by atoms with Gasteiger partial charge in [-0.1, -0.05) is 42.5 Å². The van der Waals surface area contributed by atoms with Gasteiger partial charge in [-0.2, -0.15) is 0 Å². The van der Waals surface area contributed by atoms with Gasteiger partial charge in [0, 0.05) is 17.3 Å². The third-order valence-corrected chi connectivity index (χ3v) is 4.80. The van der Waals surface area contributed by atoms with Gasteiger partial charge in [0.25, 0.3) is 15.9 Å². The first-order valence-corrected chi connectivity index (χ1v) is 9.04. The Morgan fingerprint density at radius 1 is 0.962 bits per heavy atom. The van der Waals surface area contributed by atoms with Crippen molar-refractivity contribution in [2.75, 3.05) is 0 Å². The van der Waals surface area contributed by atoms with Crippen LogP contribution < -0.4 is 10.3 Å². The molecule has 2 N–H and O–H groups in total. The van der Waals surface area contributed by atoms with E-state index in [1.807, 2.05) is 35.2 Å². The van der Waals surface area contributed by atoms with Crippen molar-refractivity contribution in [1.82, 2.24) is 15.2 Å². The van der Waals surface area contributed by atoms with Crippen LogP contribution in [0.15, 0.2) is 77.8 Å². The molecule has 3 aromatic rings. The van der Waals surface area contributed by atoms with Crippen molar-refractivity contribution in [3.63, 3.8) is 0 Å². The maximum Gasteiger partial charge on any atom is 0.266 e. The van der Waals surface area contributed by atoms with E-state index in [1.54, 1.807) is 0 Å². The van der Waals surface area contributed by atoms with Crippen molar-refractivity contribution in [1.29, 1.82) is 0 Å². The summed E-state index contributed by atoms with van der Waals surface area (Å²) in [5, 5.41) is 0. The molecule has 3 rings (SSSR count). The lowest BCUT2D eigenvalue weighted by Crippen LogP contribution is -2.41. The SMILES string of the molecule is O=C(NNS(=O)(=O)c1ccccc1F)c1ccnc(-c2ccccc2)c1. The van der Waals surface area contributed by atoms with E-state index in [2.05, 4.69) is 10.4 Å². The van der Waals surface area contributed by atoms with Gasteiger partial charge in [-0.05, 0) is 24.3 Å². The van der Waals surface area contributed by atoms with Gasteiger partial charge in [0.2, 0.25) is 0 Å². The van der Waals surface area contributed by atoms with E-state index in [1.165, 1.54) is 30.5 Å². The minimum Gasteiger partial charge on any atom is -0.273 e. The van der Waals surface area contributed by atoms with E-state index < -0.39 is 26.6 Å². The maximum absolute atomic E-state index is 13.6. The van der Waals surface area contributed by atoms with Crippen LogP contribution >= 0.6 is 0 Å². The zero-order chi connectivity index (χ0) is 18.6. The Morgan fingerprint density at radius 3 is 2.38 bits per heavy atom. The minimum atomic E-state index is -4.23. The highest BCUT2D eigenvalue weighted by atomic mass is 32.2. The Kier molecular flexibility index (Phi) is 5.06. The quantitative estimate of drug-likeness (QED) is 0.675. The van der Waals surface area contributed by atoms with Gasteiger partial charge in [-0.25, -0.2) is 12.8 Å². The van der Waals surface area contributed by atoms with Crippen molar-refractivity contribution in [3.8, 4) is 11.3 Å². The first kappa shape index (κ1) is 17.7. The summed E-state index contributed by atoms with van der Waals surface area (Å²) in [6, 6.07) is 17.1. The number of aromatic nitrogens is 1. The minimum absolute atomic E-state index is 0.204. The molecular formula is C18H14FN3O3S. The van der Waals surface area contributed by atoms with Crippen molar-refractivity contribution < 1.29 is 17.6 Å². The molecule has 1 aromatic heterocycles. The summed E-state index contributed by atoms with van der Waals surface area (Å²) in [6.45, 7) is 0. The number of benzene rings is 2. The molecule has 8 heteroatoms. The number of sulfonamides is 1. The van der Waals surface area contributed by atoms with Crippen LogP contribution in [0.5, 0.6) is 0 Å². The molecular weight excluding hydrogens is 357 g/mol. The van der Waals surface area contributed by atoms with Gasteiger partial charge in [-0.3, -0.25) is 15.2 Å². The number of hydrazine groups is 1. The van der Waals surface area contributed by atoms with Crippen molar-refractivity contribution in [3.05, 3.63) is 84.3 Å². The van der Waals surface area contributed by atoms with Gasteiger partial charge >= 0.3 is 0 Å².